The van der Waals surface area contributed by atoms with E-state index in [9.17, 15) is 0 Å². The van der Waals surface area contributed by atoms with Crippen LogP contribution < -0.4 is 10.6 Å². The normalized spacial score (nSPS) is 10.4. The Bertz CT molecular complexity index is 832. The minimum atomic E-state index is 0.564. The number of benzene rings is 2. The highest BCUT2D eigenvalue weighted by molar-refractivity contribution is 7.80. The van der Waals surface area contributed by atoms with Crippen molar-refractivity contribution in [1.82, 2.24) is 15.1 Å². The third-order valence-corrected chi connectivity index (χ3v) is 3.76. The lowest BCUT2D eigenvalue weighted by atomic mass is 10.0. The molecule has 0 spiro atoms. The lowest BCUT2D eigenvalue weighted by Gasteiger charge is -2.07. The van der Waals surface area contributed by atoms with Crippen LogP contribution in [0.15, 0.2) is 67.5 Å². The molecular weight excluding hydrogens is 304 g/mol. The van der Waals surface area contributed by atoms with Gasteiger partial charge in [0.25, 0.3) is 0 Å². The zero-order valence-electron chi connectivity index (χ0n) is 12.7. The molecule has 0 atom stereocenters. The topological polar surface area (TPSA) is 41.9 Å². The SMILES string of the molecule is C=CCNC(=S)Nc1cnn(Cc2cccc3ccccc23)c1. The number of hydrogen-bond donors (Lipinski definition) is 2. The van der Waals surface area contributed by atoms with Crippen LogP contribution in [0.4, 0.5) is 5.69 Å². The highest BCUT2D eigenvalue weighted by Gasteiger charge is 2.04. The van der Waals surface area contributed by atoms with Gasteiger partial charge in [0.15, 0.2) is 5.11 Å². The number of thiocarbonyl (C=S) groups is 1. The van der Waals surface area contributed by atoms with E-state index in [1.54, 1.807) is 12.3 Å². The number of nitrogens with zero attached hydrogens (tertiary/aromatic N) is 2. The lowest BCUT2D eigenvalue weighted by molar-refractivity contribution is 0.690. The molecule has 0 unspecified atom stereocenters. The average molecular weight is 322 g/mol. The van der Waals surface area contributed by atoms with Gasteiger partial charge in [-0.25, -0.2) is 0 Å². The second-order valence-electron chi connectivity index (χ2n) is 5.19. The Kier molecular flexibility index (Phi) is 4.68. The average Bonchev–Trinajstić information content (AvgIpc) is 3.00. The Hall–Kier alpha value is -2.66. The van der Waals surface area contributed by atoms with Crippen molar-refractivity contribution in [1.29, 1.82) is 0 Å². The number of aromatic nitrogens is 2. The number of rotatable bonds is 5. The number of fused-ring (bicyclic) bond motifs is 1. The molecule has 1 heterocycles. The summed E-state index contributed by atoms with van der Waals surface area (Å²) in [5, 5.41) is 13.6. The smallest absolute Gasteiger partial charge is 0.171 e. The lowest BCUT2D eigenvalue weighted by Crippen LogP contribution is -2.28. The van der Waals surface area contributed by atoms with Gasteiger partial charge in [0.2, 0.25) is 0 Å². The molecule has 4 nitrogen and oxygen atoms in total. The van der Waals surface area contributed by atoms with E-state index in [0.29, 0.717) is 11.7 Å². The van der Waals surface area contributed by atoms with E-state index in [1.807, 2.05) is 10.9 Å². The molecule has 0 aliphatic carbocycles. The van der Waals surface area contributed by atoms with Crippen molar-refractivity contribution >= 4 is 33.8 Å². The van der Waals surface area contributed by atoms with Crippen LogP contribution in [-0.4, -0.2) is 21.4 Å². The van der Waals surface area contributed by atoms with E-state index in [4.69, 9.17) is 12.2 Å². The fraction of sp³-hybridized carbons (Fsp3) is 0.111. The quantitative estimate of drug-likeness (QED) is 0.557. The van der Waals surface area contributed by atoms with Crippen LogP contribution >= 0.6 is 12.2 Å². The molecule has 0 amide bonds. The first-order valence-corrected chi connectivity index (χ1v) is 7.82. The van der Waals surface area contributed by atoms with Crippen LogP contribution in [0, 0.1) is 0 Å². The van der Waals surface area contributed by atoms with Crippen molar-refractivity contribution < 1.29 is 0 Å². The largest absolute Gasteiger partial charge is 0.359 e. The van der Waals surface area contributed by atoms with E-state index in [2.05, 4.69) is 64.8 Å². The Morgan fingerprint density at radius 1 is 1.22 bits per heavy atom. The third kappa shape index (κ3) is 3.76. The zero-order valence-corrected chi connectivity index (χ0v) is 13.5. The first kappa shape index (κ1) is 15.2. The summed E-state index contributed by atoms with van der Waals surface area (Å²) < 4.78 is 1.90. The molecule has 116 valence electrons. The number of nitrogens with one attached hydrogen (secondary N) is 2. The molecular formula is C18H18N4S. The monoisotopic (exact) mass is 322 g/mol. The van der Waals surface area contributed by atoms with Crippen molar-refractivity contribution in [2.45, 2.75) is 6.54 Å². The van der Waals surface area contributed by atoms with Gasteiger partial charge in [-0.2, -0.15) is 5.10 Å². The molecule has 1 aromatic heterocycles. The minimum Gasteiger partial charge on any atom is -0.359 e. The summed E-state index contributed by atoms with van der Waals surface area (Å²) in [5.74, 6) is 0. The van der Waals surface area contributed by atoms with Gasteiger partial charge in [-0.1, -0.05) is 48.5 Å². The molecule has 0 aliphatic rings. The predicted molar refractivity (Wildman–Crippen MR) is 99.7 cm³/mol. The second-order valence-corrected chi connectivity index (χ2v) is 5.60. The predicted octanol–water partition coefficient (Wildman–Crippen LogP) is 3.56. The molecule has 0 aliphatic heterocycles. The molecule has 5 heteroatoms. The summed E-state index contributed by atoms with van der Waals surface area (Å²) in [6, 6.07) is 14.7. The zero-order chi connectivity index (χ0) is 16.1. The van der Waals surface area contributed by atoms with Gasteiger partial charge >= 0.3 is 0 Å². The van der Waals surface area contributed by atoms with Crippen molar-refractivity contribution in [3.05, 3.63) is 73.1 Å². The van der Waals surface area contributed by atoms with Crippen LogP contribution in [0.2, 0.25) is 0 Å². The van der Waals surface area contributed by atoms with Crippen LogP contribution in [-0.2, 0) is 6.54 Å². The molecule has 0 fully saturated rings. The fourth-order valence-corrected chi connectivity index (χ4v) is 2.66. The van der Waals surface area contributed by atoms with E-state index in [1.165, 1.54) is 16.3 Å². The Morgan fingerprint density at radius 2 is 2.04 bits per heavy atom. The van der Waals surface area contributed by atoms with E-state index in [0.717, 1.165) is 12.2 Å². The molecule has 2 N–H and O–H groups in total. The van der Waals surface area contributed by atoms with Crippen molar-refractivity contribution in [2.24, 2.45) is 0 Å². The van der Waals surface area contributed by atoms with Gasteiger partial charge in [-0.15, -0.1) is 6.58 Å². The van der Waals surface area contributed by atoms with E-state index < -0.39 is 0 Å². The minimum absolute atomic E-state index is 0.564. The molecule has 23 heavy (non-hydrogen) atoms. The number of anilines is 1. The standard InChI is InChI=1S/C18H18N4S/c1-2-10-19-18(23)21-16-11-20-22(13-16)12-15-8-5-7-14-6-3-4-9-17(14)15/h2-9,11,13H,1,10,12H2,(H2,19,21,23). The summed E-state index contributed by atoms with van der Waals surface area (Å²) in [7, 11) is 0. The van der Waals surface area contributed by atoms with E-state index >= 15 is 0 Å². The Labute approximate surface area is 140 Å². The summed E-state index contributed by atoms with van der Waals surface area (Å²) in [6.45, 7) is 5.00. The van der Waals surface area contributed by atoms with Gasteiger partial charge < -0.3 is 10.6 Å². The van der Waals surface area contributed by atoms with Crippen LogP contribution in [0.5, 0.6) is 0 Å². The first-order valence-electron chi connectivity index (χ1n) is 7.41. The van der Waals surface area contributed by atoms with Crippen LogP contribution in [0.3, 0.4) is 0 Å². The number of hydrogen-bond acceptors (Lipinski definition) is 2. The van der Waals surface area contributed by atoms with Gasteiger partial charge in [-0.3, -0.25) is 4.68 Å². The van der Waals surface area contributed by atoms with Gasteiger partial charge in [0.05, 0.1) is 18.4 Å². The maximum atomic E-state index is 5.20. The summed E-state index contributed by atoms with van der Waals surface area (Å²) in [5.41, 5.74) is 2.11. The van der Waals surface area contributed by atoms with Crippen molar-refractivity contribution in [3.8, 4) is 0 Å². The molecule has 3 rings (SSSR count). The Morgan fingerprint density at radius 3 is 2.91 bits per heavy atom. The highest BCUT2D eigenvalue weighted by Crippen LogP contribution is 2.19. The van der Waals surface area contributed by atoms with Crippen molar-refractivity contribution in [2.75, 3.05) is 11.9 Å². The van der Waals surface area contributed by atoms with Gasteiger partial charge in [0.1, 0.15) is 0 Å². The molecule has 0 bridgehead atoms. The summed E-state index contributed by atoms with van der Waals surface area (Å²) >= 11 is 5.20. The fourth-order valence-electron chi connectivity index (χ4n) is 2.46. The first-order chi connectivity index (χ1) is 11.3. The molecule has 0 saturated carbocycles. The van der Waals surface area contributed by atoms with Crippen LogP contribution in [0.25, 0.3) is 10.8 Å². The Balaban J connectivity index is 1.73. The molecule has 3 aromatic rings. The van der Waals surface area contributed by atoms with E-state index in [-0.39, 0.29) is 0 Å². The summed E-state index contributed by atoms with van der Waals surface area (Å²) in [4.78, 5) is 0. The van der Waals surface area contributed by atoms with Crippen molar-refractivity contribution in [3.63, 3.8) is 0 Å². The molecule has 0 radical (unpaired) electrons. The van der Waals surface area contributed by atoms with Gasteiger partial charge in [-0.05, 0) is 28.6 Å². The highest BCUT2D eigenvalue weighted by atomic mass is 32.1. The maximum Gasteiger partial charge on any atom is 0.171 e. The van der Waals surface area contributed by atoms with Crippen LogP contribution in [0.1, 0.15) is 5.56 Å². The van der Waals surface area contributed by atoms with Gasteiger partial charge in [0, 0.05) is 12.7 Å². The maximum absolute atomic E-state index is 5.20. The third-order valence-electron chi connectivity index (χ3n) is 3.51. The molecule has 0 saturated heterocycles. The molecule has 2 aromatic carbocycles. The second kappa shape index (κ2) is 7.07. The summed E-state index contributed by atoms with van der Waals surface area (Å²) in [6.07, 6.45) is 5.48.